The second kappa shape index (κ2) is 9.10. The first-order chi connectivity index (χ1) is 15.5. The van der Waals surface area contributed by atoms with E-state index in [4.69, 9.17) is 27.6 Å². The number of hydrogen-bond acceptors (Lipinski definition) is 5. The van der Waals surface area contributed by atoms with Gasteiger partial charge in [0.2, 0.25) is 0 Å². The van der Waals surface area contributed by atoms with Gasteiger partial charge in [-0.1, -0.05) is 35.3 Å². The SMILES string of the molecule is O=C(NNC1CCN(NCc2cc3cc(Cl)ccc3o2)C1)c1ccc2cc(Cl)ccc2c1. The van der Waals surface area contributed by atoms with E-state index >= 15 is 0 Å². The molecule has 32 heavy (non-hydrogen) atoms. The van der Waals surface area contributed by atoms with Crippen LogP contribution in [0.15, 0.2) is 65.1 Å². The Hall–Kier alpha value is -2.61. The van der Waals surface area contributed by atoms with Crippen molar-refractivity contribution in [3.05, 3.63) is 82.0 Å². The van der Waals surface area contributed by atoms with Gasteiger partial charge in [0.15, 0.2) is 0 Å². The summed E-state index contributed by atoms with van der Waals surface area (Å²) in [6.07, 6.45) is 0.916. The summed E-state index contributed by atoms with van der Waals surface area (Å²) in [6, 6.07) is 19.0. The summed E-state index contributed by atoms with van der Waals surface area (Å²) in [7, 11) is 0. The van der Waals surface area contributed by atoms with Gasteiger partial charge in [-0.3, -0.25) is 10.2 Å². The Labute approximate surface area is 195 Å². The average Bonchev–Trinajstić information content (AvgIpc) is 3.41. The van der Waals surface area contributed by atoms with Crippen molar-refractivity contribution in [2.75, 3.05) is 13.1 Å². The minimum atomic E-state index is -0.158. The van der Waals surface area contributed by atoms with Gasteiger partial charge >= 0.3 is 0 Å². The first-order valence-electron chi connectivity index (χ1n) is 10.5. The molecule has 1 unspecified atom stereocenters. The number of hydrazine groups is 2. The Kier molecular flexibility index (Phi) is 6.04. The lowest BCUT2D eigenvalue weighted by Crippen LogP contribution is -2.46. The van der Waals surface area contributed by atoms with Gasteiger partial charge in [0.25, 0.3) is 5.91 Å². The third kappa shape index (κ3) is 4.75. The van der Waals surface area contributed by atoms with E-state index in [1.165, 1.54) is 0 Å². The number of furan rings is 1. The van der Waals surface area contributed by atoms with Crippen LogP contribution in [0.3, 0.4) is 0 Å². The maximum atomic E-state index is 12.6. The molecule has 1 fully saturated rings. The molecule has 0 bridgehead atoms. The van der Waals surface area contributed by atoms with E-state index in [2.05, 4.69) is 21.3 Å². The van der Waals surface area contributed by atoms with Crippen molar-refractivity contribution < 1.29 is 9.21 Å². The molecule has 5 rings (SSSR count). The number of amides is 1. The Morgan fingerprint density at radius 1 is 0.969 bits per heavy atom. The normalized spacial score (nSPS) is 16.8. The number of carbonyl (C=O) groups excluding carboxylic acids is 1. The van der Waals surface area contributed by atoms with Crippen molar-refractivity contribution in [1.82, 2.24) is 21.3 Å². The average molecular weight is 469 g/mol. The summed E-state index contributed by atoms with van der Waals surface area (Å²) in [5.74, 6) is 0.693. The molecule has 0 radical (unpaired) electrons. The molecule has 1 saturated heterocycles. The molecule has 3 aromatic carbocycles. The third-order valence-corrected chi connectivity index (χ3v) is 6.12. The molecule has 4 aromatic rings. The van der Waals surface area contributed by atoms with Gasteiger partial charge in [-0.25, -0.2) is 15.9 Å². The molecular formula is C24H22Cl2N4O2. The number of benzene rings is 3. The van der Waals surface area contributed by atoms with Crippen LogP contribution in [-0.4, -0.2) is 30.0 Å². The highest BCUT2D eigenvalue weighted by molar-refractivity contribution is 6.31. The minimum Gasteiger partial charge on any atom is -0.460 e. The highest BCUT2D eigenvalue weighted by atomic mass is 35.5. The van der Waals surface area contributed by atoms with E-state index in [1.807, 2.05) is 54.6 Å². The molecule has 1 aliphatic heterocycles. The second-order valence-electron chi connectivity index (χ2n) is 7.97. The van der Waals surface area contributed by atoms with Gasteiger partial charge in [0.05, 0.1) is 6.54 Å². The maximum absolute atomic E-state index is 12.6. The van der Waals surface area contributed by atoms with Gasteiger partial charge in [-0.05, 0) is 65.7 Å². The van der Waals surface area contributed by atoms with Crippen LogP contribution < -0.4 is 16.3 Å². The largest absolute Gasteiger partial charge is 0.460 e. The van der Waals surface area contributed by atoms with Gasteiger partial charge in [0.1, 0.15) is 11.3 Å². The van der Waals surface area contributed by atoms with Crippen molar-refractivity contribution in [1.29, 1.82) is 0 Å². The van der Waals surface area contributed by atoms with Gasteiger partial charge < -0.3 is 4.42 Å². The van der Waals surface area contributed by atoms with Gasteiger partial charge in [0, 0.05) is 40.1 Å². The summed E-state index contributed by atoms with van der Waals surface area (Å²) in [5.41, 5.74) is 10.8. The predicted molar refractivity (Wildman–Crippen MR) is 128 cm³/mol. The fourth-order valence-corrected chi connectivity index (χ4v) is 4.33. The molecule has 8 heteroatoms. The zero-order valence-corrected chi connectivity index (χ0v) is 18.7. The Balaban J connectivity index is 1.11. The molecule has 6 nitrogen and oxygen atoms in total. The van der Waals surface area contributed by atoms with Crippen LogP contribution >= 0.6 is 23.2 Å². The van der Waals surface area contributed by atoms with E-state index in [0.29, 0.717) is 22.2 Å². The minimum absolute atomic E-state index is 0.153. The number of nitrogens with one attached hydrogen (secondary N) is 3. The molecule has 0 saturated carbocycles. The van der Waals surface area contributed by atoms with E-state index < -0.39 is 0 Å². The lowest BCUT2D eigenvalue weighted by atomic mass is 10.1. The summed E-state index contributed by atoms with van der Waals surface area (Å²) in [4.78, 5) is 12.6. The number of carbonyl (C=O) groups is 1. The zero-order chi connectivity index (χ0) is 22.1. The Bertz CT molecular complexity index is 1290. The monoisotopic (exact) mass is 468 g/mol. The van der Waals surface area contributed by atoms with E-state index in [0.717, 1.165) is 47.0 Å². The van der Waals surface area contributed by atoms with Crippen molar-refractivity contribution in [3.8, 4) is 0 Å². The molecule has 1 amide bonds. The van der Waals surface area contributed by atoms with E-state index in [9.17, 15) is 4.79 Å². The summed E-state index contributed by atoms with van der Waals surface area (Å²) in [5, 5.41) is 6.49. The molecule has 1 atom stereocenters. The topological polar surface area (TPSA) is 69.5 Å². The van der Waals surface area contributed by atoms with Crippen molar-refractivity contribution in [3.63, 3.8) is 0 Å². The van der Waals surface area contributed by atoms with Crippen molar-refractivity contribution in [2.24, 2.45) is 0 Å². The quantitative estimate of drug-likeness (QED) is 0.351. The van der Waals surface area contributed by atoms with Crippen LogP contribution in [0.2, 0.25) is 10.0 Å². The molecule has 164 valence electrons. The Morgan fingerprint density at radius 3 is 2.59 bits per heavy atom. The number of fused-ring (bicyclic) bond motifs is 2. The molecule has 2 heterocycles. The molecule has 0 spiro atoms. The number of hydrogen-bond donors (Lipinski definition) is 3. The van der Waals surface area contributed by atoms with E-state index in [-0.39, 0.29) is 11.9 Å². The summed E-state index contributed by atoms with van der Waals surface area (Å²) in [6.45, 7) is 2.23. The smallest absolute Gasteiger partial charge is 0.265 e. The summed E-state index contributed by atoms with van der Waals surface area (Å²) >= 11 is 12.1. The second-order valence-corrected chi connectivity index (χ2v) is 8.84. The van der Waals surface area contributed by atoms with Crippen molar-refractivity contribution >= 4 is 50.9 Å². The predicted octanol–water partition coefficient (Wildman–Crippen LogP) is 4.91. The maximum Gasteiger partial charge on any atom is 0.265 e. The first kappa shape index (κ1) is 21.2. The molecule has 0 aliphatic carbocycles. The molecule has 3 N–H and O–H groups in total. The fourth-order valence-electron chi connectivity index (χ4n) is 3.97. The van der Waals surface area contributed by atoms with Crippen LogP contribution in [0.4, 0.5) is 0 Å². The third-order valence-electron chi connectivity index (χ3n) is 5.65. The van der Waals surface area contributed by atoms with Gasteiger partial charge in [-0.2, -0.15) is 0 Å². The number of nitrogens with zero attached hydrogens (tertiary/aromatic N) is 1. The van der Waals surface area contributed by atoms with Crippen molar-refractivity contribution in [2.45, 2.75) is 19.0 Å². The van der Waals surface area contributed by atoms with Gasteiger partial charge in [-0.15, -0.1) is 0 Å². The molecular weight excluding hydrogens is 447 g/mol. The standard InChI is InChI=1S/C24H22Cl2N4O2/c25-19-4-3-15-9-17(2-1-16(15)10-19)24(31)29-28-21-7-8-30(14-21)27-13-22-12-18-11-20(26)5-6-23(18)32-22/h1-6,9-12,21,27-28H,7-8,13-14H2,(H,29,31). The van der Waals surface area contributed by atoms with Crippen LogP contribution in [-0.2, 0) is 6.54 Å². The summed E-state index contributed by atoms with van der Waals surface area (Å²) < 4.78 is 5.85. The highest BCUT2D eigenvalue weighted by Gasteiger charge is 2.23. The van der Waals surface area contributed by atoms with Crippen LogP contribution in [0.1, 0.15) is 22.5 Å². The number of rotatable bonds is 6. The first-order valence-corrected chi connectivity index (χ1v) is 11.2. The van der Waals surface area contributed by atoms with Crippen LogP contribution in [0.25, 0.3) is 21.7 Å². The highest BCUT2D eigenvalue weighted by Crippen LogP contribution is 2.23. The fraction of sp³-hybridized carbons (Fsp3) is 0.208. The zero-order valence-electron chi connectivity index (χ0n) is 17.2. The molecule has 1 aromatic heterocycles. The Morgan fingerprint density at radius 2 is 1.72 bits per heavy atom. The molecule has 1 aliphatic rings. The lowest BCUT2D eigenvalue weighted by molar-refractivity contribution is 0.0924. The van der Waals surface area contributed by atoms with E-state index in [1.54, 1.807) is 6.07 Å². The van der Waals surface area contributed by atoms with Crippen LogP contribution in [0.5, 0.6) is 0 Å². The number of halogens is 2. The lowest BCUT2D eigenvalue weighted by Gasteiger charge is -2.17. The van der Waals surface area contributed by atoms with Crippen LogP contribution in [0, 0.1) is 0 Å².